The molecule has 3 atom stereocenters. The average molecular weight is 541 g/mol. The predicted molar refractivity (Wildman–Crippen MR) is 136 cm³/mol. The lowest BCUT2D eigenvalue weighted by Gasteiger charge is -2.53. The summed E-state index contributed by atoms with van der Waals surface area (Å²) in [6.45, 7) is 8.12. The van der Waals surface area contributed by atoms with Gasteiger partial charge in [-0.2, -0.15) is 13.2 Å². The number of rotatable bonds is 9. The minimum Gasteiger partial charge on any atom is -0.444 e. The number of nitrogens with two attached hydrogens (primary N) is 1. The first kappa shape index (κ1) is 29.7. The number of carbonyl (C=O) groups excluding carboxylic acids is 3. The number of unbranched alkanes of at least 4 members (excludes halogenated alkanes) is 1. The van der Waals surface area contributed by atoms with Crippen LogP contribution >= 0.6 is 0 Å². The number of aryl methyl sites for hydroxylation is 1. The van der Waals surface area contributed by atoms with Crippen molar-refractivity contribution in [2.75, 3.05) is 19.6 Å². The van der Waals surface area contributed by atoms with E-state index in [2.05, 4.69) is 13.8 Å². The van der Waals surface area contributed by atoms with Crippen LogP contribution in [0.1, 0.15) is 69.6 Å². The summed E-state index contributed by atoms with van der Waals surface area (Å²) in [6, 6.07) is 2.36. The third kappa shape index (κ3) is 6.98. The van der Waals surface area contributed by atoms with Crippen LogP contribution in [0.15, 0.2) is 18.2 Å². The molecule has 2 fully saturated rings. The first-order valence-electron chi connectivity index (χ1n) is 13.3. The van der Waals surface area contributed by atoms with Crippen molar-refractivity contribution in [2.45, 2.75) is 90.8 Å². The van der Waals surface area contributed by atoms with Crippen LogP contribution in [0.2, 0.25) is 0 Å². The fourth-order valence-electron chi connectivity index (χ4n) is 5.25. The van der Waals surface area contributed by atoms with E-state index in [0.29, 0.717) is 37.4 Å². The van der Waals surface area contributed by atoms with Gasteiger partial charge < -0.3 is 20.3 Å². The number of amides is 3. The molecule has 0 saturated carbocycles. The Morgan fingerprint density at radius 3 is 2.53 bits per heavy atom. The van der Waals surface area contributed by atoms with Crippen LogP contribution in [-0.4, -0.2) is 70.5 Å². The van der Waals surface area contributed by atoms with Crippen LogP contribution in [0.3, 0.4) is 0 Å². The topological polar surface area (TPSA) is 96.2 Å². The van der Waals surface area contributed by atoms with Crippen LogP contribution < -0.4 is 5.73 Å². The van der Waals surface area contributed by atoms with Gasteiger partial charge >= 0.3 is 12.3 Å². The summed E-state index contributed by atoms with van der Waals surface area (Å²) >= 11 is 0. The monoisotopic (exact) mass is 540 g/mol. The van der Waals surface area contributed by atoms with E-state index < -0.39 is 36.1 Å². The van der Waals surface area contributed by atoms with Crippen LogP contribution in [0.4, 0.5) is 18.0 Å². The van der Waals surface area contributed by atoms with Gasteiger partial charge in [0.05, 0.1) is 12.1 Å². The number of alkyl halides is 3. The molecule has 2 heterocycles. The number of fused-ring (bicyclic) bond motifs is 1. The highest BCUT2D eigenvalue weighted by Crippen LogP contribution is 2.33. The normalized spacial score (nSPS) is 22.2. The van der Waals surface area contributed by atoms with E-state index in [4.69, 9.17) is 10.5 Å². The van der Waals surface area contributed by atoms with Crippen molar-refractivity contribution in [3.8, 4) is 0 Å². The van der Waals surface area contributed by atoms with Gasteiger partial charge in [0.1, 0.15) is 18.8 Å². The maximum atomic E-state index is 13.5. The van der Waals surface area contributed by atoms with E-state index in [1.165, 1.54) is 9.80 Å². The first-order valence-corrected chi connectivity index (χ1v) is 13.3. The molecule has 2 saturated heterocycles. The zero-order valence-corrected chi connectivity index (χ0v) is 22.6. The molecule has 212 valence electrons. The maximum absolute atomic E-state index is 13.5. The molecule has 8 nitrogen and oxygen atoms in total. The molecular weight excluding hydrogens is 501 g/mol. The number of halogens is 3. The van der Waals surface area contributed by atoms with Crippen molar-refractivity contribution in [2.24, 2.45) is 11.7 Å². The van der Waals surface area contributed by atoms with Crippen molar-refractivity contribution < 1.29 is 32.3 Å². The van der Waals surface area contributed by atoms with Crippen molar-refractivity contribution >= 4 is 17.9 Å². The van der Waals surface area contributed by atoms with Crippen LogP contribution in [0.5, 0.6) is 0 Å². The molecule has 1 aromatic rings. The van der Waals surface area contributed by atoms with Gasteiger partial charge in [0.25, 0.3) is 0 Å². The quantitative estimate of drug-likeness (QED) is 0.472. The molecule has 0 radical (unpaired) electrons. The molecule has 2 aliphatic heterocycles. The lowest BCUT2D eigenvalue weighted by Crippen LogP contribution is -2.72. The van der Waals surface area contributed by atoms with Crippen molar-refractivity contribution in [3.05, 3.63) is 34.9 Å². The summed E-state index contributed by atoms with van der Waals surface area (Å²) in [5.41, 5.74) is 5.46. The van der Waals surface area contributed by atoms with Crippen LogP contribution in [-0.2, 0) is 27.1 Å². The standard InChI is InChI=1S/C27H39F3N4O4/c1-17(2)8-10-32-15-23-33(19(4)25(32)36)24(35)14-22(7-5-6-9-31)34(23)26(37)38-16-20-11-18(3)12-21(13-20)27(28,29)30/h11-13,17,19,22-23H,5-10,14-16,31H2,1-4H3/t19-,22?,23?/m0/s1. The summed E-state index contributed by atoms with van der Waals surface area (Å²) in [7, 11) is 0. The molecule has 0 bridgehead atoms. The highest BCUT2D eigenvalue weighted by molar-refractivity contribution is 5.90. The van der Waals surface area contributed by atoms with Gasteiger partial charge in [0.2, 0.25) is 11.8 Å². The Balaban J connectivity index is 1.86. The van der Waals surface area contributed by atoms with E-state index in [9.17, 15) is 27.6 Å². The third-order valence-electron chi connectivity index (χ3n) is 7.21. The number of benzene rings is 1. The number of piperazine rings is 1. The van der Waals surface area contributed by atoms with Gasteiger partial charge in [-0.25, -0.2) is 4.79 Å². The Bertz CT molecular complexity index is 1020. The Labute approximate surface area is 222 Å². The molecular formula is C27H39F3N4O4. The fourth-order valence-corrected chi connectivity index (χ4v) is 5.25. The summed E-state index contributed by atoms with van der Waals surface area (Å²) in [6.07, 6.45) is -3.18. The zero-order valence-electron chi connectivity index (χ0n) is 22.6. The molecule has 1 aromatic carbocycles. The maximum Gasteiger partial charge on any atom is 0.416 e. The highest BCUT2D eigenvalue weighted by atomic mass is 19.4. The van der Waals surface area contributed by atoms with Crippen molar-refractivity contribution in [3.63, 3.8) is 0 Å². The number of ether oxygens (including phenoxy) is 1. The van der Waals surface area contributed by atoms with Crippen LogP contribution in [0.25, 0.3) is 0 Å². The van der Waals surface area contributed by atoms with E-state index in [0.717, 1.165) is 25.0 Å². The Hall–Kier alpha value is -2.82. The predicted octanol–water partition coefficient (Wildman–Crippen LogP) is 4.29. The number of hydrogen-bond acceptors (Lipinski definition) is 5. The molecule has 3 rings (SSSR count). The van der Waals surface area contributed by atoms with Gasteiger partial charge in [-0.15, -0.1) is 0 Å². The van der Waals surface area contributed by atoms with Crippen LogP contribution in [0, 0.1) is 12.8 Å². The lowest BCUT2D eigenvalue weighted by atomic mass is 9.96. The summed E-state index contributed by atoms with van der Waals surface area (Å²) < 4.78 is 45.4. The Kier molecular flexibility index (Phi) is 9.67. The van der Waals surface area contributed by atoms with Gasteiger partial charge in [0.15, 0.2) is 0 Å². The van der Waals surface area contributed by atoms with Gasteiger partial charge in [-0.3, -0.25) is 14.5 Å². The second-order valence-electron chi connectivity index (χ2n) is 10.7. The zero-order chi connectivity index (χ0) is 28.2. The average Bonchev–Trinajstić information content (AvgIpc) is 2.83. The molecule has 3 amide bonds. The van der Waals surface area contributed by atoms with E-state index in [1.54, 1.807) is 24.8 Å². The van der Waals surface area contributed by atoms with Gasteiger partial charge in [-0.1, -0.05) is 31.9 Å². The van der Waals surface area contributed by atoms with E-state index in [-0.39, 0.29) is 37.0 Å². The summed E-state index contributed by atoms with van der Waals surface area (Å²) in [5, 5.41) is 0. The minimum absolute atomic E-state index is 0.0441. The SMILES string of the molecule is Cc1cc(COC(=O)N2C(CCCCN)CC(=O)N3C2CN(CCC(C)C)C(=O)[C@@H]3C)cc(C(F)(F)F)c1. The van der Waals surface area contributed by atoms with E-state index in [1.807, 2.05) is 0 Å². The molecule has 2 N–H and O–H groups in total. The van der Waals surface area contributed by atoms with Gasteiger partial charge in [-0.05, 0) is 63.3 Å². The molecule has 2 aliphatic rings. The first-order chi connectivity index (χ1) is 17.8. The number of nitrogens with zero attached hydrogens (tertiary/aromatic N) is 3. The van der Waals surface area contributed by atoms with Crippen molar-refractivity contribution in [1.82, 2.24) is 14.7 Å². The molecule has 2 unspecified atom stereocenters. The number of hydrogen-bond donors (Lipinski definition) is 1. The second-order valence-corrected chi connectivity index (χ2v) is 10.7. The largest absolute Gasteiger partial charge is 0.444 e. The summed E-state index contributed by atoms with van der Waals surface area (Å²) in [5.74, 6) is 0.00405. The highest BCUT2D eigenvalue weighted by Gasteiger charge is 2.50. The summed E-state index contributed by atoms with van der Waals surface area (Å²) in [4.78, 5) is 44.4. The second kappa shape index (κ2) is 12.4. The Morgan fingerprint density at radius 2 is 1.89 bits per heavy atom. The molecule has 38 heavy (non-hydrogen) atoms. The van der Waals surface area contributed by atoms with Crippen molar-refractivity contribution in [1.29, 1.82) is 0 Å². The van der Waals surface area contributed by atoms with E-state index >= 15 is 0 Å². The molecule has 11 heteroatoms. The molecule has 0 aliphatic carbocycles. The fraction of sp³-hybridized carbons (Fsp3) is 0.667. The smallest absolute Gasteiger partial charge is 0.416 e. The van der Waals surface area contributed by atoms with Gasteiger partial charge in [0, 0.05) is 19.0 Å². The molecule has 0 aromatic heterocycles. The minimum atomic E-state index is -4.52. The third-order valence-corrected chi connectivity index (χ3v) is 7.21. The Morgan fingerprint density at radius 1 is 1.18 bits per heavy atom. The molecule has 0 spiro atoms. The number of carbonyl (C=O) groups is 3. The lowest BCUT2D eigenvalue weighted by molar-refractivity contribution is -0.171.